The normalized spacial score (nSPS) is 11.7. The van der Waals surface area contributed by atoms with Crippen molar-refractivity contribution in [3.8, 4) is 51.0 Å². The van der Waals surface area contributed by atoms with E-state index in [0.717, 1.165) is 44.3 Å². The van der Waals surface area contributed by atoms with Gasteiger partial charge in [0.1, 0.15) is 105 Å². The molecule has 0 saturated heterocycles. The van der Waals surface area contributed by atoms with E-state index in [2.05, 4.69) is 135 Å². The maximum atomic E-state index is 6.68. The highest BCUT2D eigenvalue weighted by molar-refractivity contribution is 6.72. The molecule has 3 heterocycles. The highest BCUT2D eigenvalue weighted by Crippen LogP contribution is 2.36. The number of benzene rings is 7. The van der Waals surface area contributed by atoms with Gasteiger partial charge in [0.25, 0.3) is 0 Å². The first-order chi connectivity index (χ1) is 29.8. The highest BCUT2D eigenvalue weighted by Gasteiger charge is 2.27. The predicted molar refractivity (Wildman–Crippen MR) is 301 cm³/mol. The summed E-state index contributed by atoms with van der Waals surface area (Å²) in [4.78, 5) is 14.9. The Labute approximate surface area is 373 Å². The third-order valence-electron chi connectivity index (χ3n) is 14.6. The van der Waals surface area contributed by atoms with Gasteiger partial charge in [-0.2, -0.15) is 0 Å². The number of rotatable bonds is 5. The fraction of sp³-hybridized carbons (Fsp3) is 0. The van der Waals surface area contributed by atoms with E-state index in [9.17, 15) is 0 Å². The Morgan fingerprint density at radius 2 is 0.806 bits per heavy atom. The zero-order chi connectivity index (χ0) is 43.5. The molecular formula is C45H40B12N4O. The number of aromatic nitrogens is 4. The van der Waals surface area contributed by atoms with Gasteiger partial charge in [-0.05, 0) is 52.2 Å². The van der Waals surface area contributed by atoms with Crippen molar-refractivity contribution in [3.63, 3.8) is 0 Å². The number of furan rings is 1. The highest BCUT2D eigenvalue weighted by atomic mass is 16.3. The van der Waals surface area contributed by atoms with Crippen LogP contribution in [0.2, 0.25) is 0 Å². The summed E-state index contributed by atoms with van der Waals surface area (Å²) in [5.74, 6) is 1.87. The average molecular weight is 783 g/mol. The van der Waals surface area contributed by atoms with Crippen LogP contribution in [0.1, 0.15) is 0 Å². The van der Waals surface area contributed by atoms with Crippen LogP contribution in [0, 0.1) is 0 Å². The van der Waals surface area contributed by atoms with Crippen LogP contribution in [0.25, 0.3) is 94.7 Å². The largest absolute Gasteiger partial charge is 0.456 e. The van der Waals surface area contributed by atoms with Crippen molar-refractivity contribution in [1.29, 1.82) is 0 Å². The Kier molecular flexibility index (Phi) is 9.55. The van der Waals surface area contributed by atoms with Crippen LogP contribution >= 0.6 is 0 Å². The second-order valence-corrected chi connectivity index (χ2v) is 17.6. The van der Waals surface area contributed by atoms with Gasteiger partial charge < -0.3 is 8.98 Å². The molecule has 0 fully saturated rings. The lowest BCUT2D eigenvalue weighted by Crippen LogP contribution is -2.56. The van der Waals surface area contributed by atoms with E-state index in [0.29, 0.717) is 17.5 Å². The molecule has 0 aliphatic rings. The zero-order valence-electron chi connectivity index (χ0n) is 37.9. The monoisotopic (exact) mass is 784 g/mol. The fourth-order valence-corrected chi connectivity index (χ4v) is 10.2. The molecule has 0 saturated carbocycles. The lowest BCUT2D eigenvalue weighted by atomic mass is 9.57. The van der Waals surface area contributed by atoms with Gasteiger partial charge in [0, 0.05) is 44.2 Å². The summed E-state index contributed by atoms with van der Waals surface area (Å²) in [5, 5.41) is 4.82. The van der Waals surface area contributed by atoms with E-state index < -0.39 is 0 Å². The molecule has 3 aromatic heterocycles. The first-order valence-corrected chi connectivity index (χ1v) is 21.7. The van der Waals surface area contributed by atoms with Gasteiger partial charge in [-0.1, -0.05) is 110 Å². The van der Waals surface area contributed by atoms with Crippen LogP contribution in [-0.4, -0.2) is 114 Å². The quantitative estimate of drug-likeness (QED) is 0.163. The molecule has 0 atom stereocenters. The molecule has 17 heteroatoms. The van der Waals surface area contributed by atoms with Crippen LogP contribution in [0.4, 0.5) is 0 Å². The maximum absolute atomic E-state index is 6.68. The molecular weight excluding hydrogens is 742 g/mol. The summed E-state index contributed by atoms with van der Waals surface area (Å²) in [6.07, 6.45) is 0. The summed E-state index contributed by atoms with van der Waals surface area (Å²) in [6, 6.07) is 33.3. The van der Waals surface area contributed by atoms with E-state index >= 15 is 0 Å². The molecule has 0 aliphatic carbocycles. The Morgan fingerprint density at radius 3 is 1.39 bits per heavy atom. The second-order valence-electron chi connectivity index (χ2n) is 17.6. The van der Waals surface area contributed by atoms with Gasteiger partial charge in [-0.25, -0.2) is 15.0 Å². The molecule has 0 aliphatic heterocycles. The van der Waals surface area contributed by atoms with Crippen LogP contribution in [-0.2, 0) is 0 Å². The zero-order valence-corrected chi connectivity index (χ0v) is 37.9. The Morgan fingerprint density at radius 1 is 0.355 bits per heavy atom. The Hall–Kier alpha value is -6.07. The summed E-state index contributed by atoms with van der Waals surface area (Å²) in [6.45, 7) is 0. The van der Waals surface area contributed by atoms with Gasteiger partial charge >= 0.3 is 0 Å². The number of hydrogen-bond donors (Lipinski definition) is 0. The lowest BCUT2D eigenvalue weighted by Gasteiger charge is -2.25. The van der Waals surface area contributed by atoms with Crippen molar-refractivity contribution in [2.24, 2.45) is 0 Å². The minimum Gasteiger partial charge on any atom is -0.456 e. The van der Waals surface area contributed by atoms with Crippen molar-refractivity contribution in [1.82, 2.24) is 19.5 Å². The molecule has 5 nitrogen and oxygen atoms in total. The molecule has 0 N–H and O–H groups in total. The van der Waals surface area contributed by atoms with Crippen molar-refractivity contribution < 1.29 is 4.42 Å². The minimum absolute atomic E-state index is 0.601. The van der Waals surface area contributed by atoms with Gasteiger partial charge in [-0.15, -0.1) is 21.9 Å². The van der Waals surface area contributed by atoms with Crippen molar-refractivity contribution in [2.45, 2.75) is 0 Å². The standard InChI is InChI=1S/C45H40B12N4O/c46-29-26(25-30(47)35(52)38(55)36(53)31(25)48)34(51)41-27(32(29)49)28-33(50)37(54)39(56)40(57)42(28)61(41)20-12-14-23-22(16-20)21-13-11-19(15-24(21)62-23)45-59-43(17-7-3-1-4-8-17)58-44(60-45)18-9-5-2-6-10-18/h1-16H,46-57H2. The third kappa shape index (κ3) is 5.91. The average Bonchev–Trinajstić information content (AvgIpc) is 3.86. The SMILES string of the molecule is Bc1c(B)c(B)c(-c2c(B)c(B)c3c4c(B)c(B)c(B)c(B)c4n(-c4ccc5oc6cc(-c7nc(-c8ccccc8)nc(-c8ccccc8)n7)ccc6c5c4)c3c2B)c(B)c1B. The van der Waals surface area contributed by atoms with Crippen LogP contribution < -0.4 is 65.6 Å². The molecule has 0 unspecified atom stereocenters. The molecule has 62 heavy (non-hydrogen) atoms. The van der Waals surface area contributed by atoms with Gasteiger partial charge in [0.15, 0.2) is 17.5 Å². The van der Waals surface area contributed by atoms with Crippen molar-refractivity contribution >= 4 is 203 Å². The second kappa shape index (κ2) is 14.8. The molecule has 10 aromatic rings. The van der Waals surface area contributed by atoms with Crippen molar-refractivity contribution in [3.05, 3.63) is 97.1 Å². The smallest absolute Gasteiger partial charge is 0.164 e. The molecule has 0 radical (unpaired) electrons. The number of nitrogens with zero attached hydrogens (tertiary/aromatic N) is 4. The molecule has 0 bridgehead atoms. The van der Waals surface area contributed by atoms with E-state index in [-0.39, 0.29) is 0 Å². The van der Waals surface area contributed by atoms with E-state index in [1.165, 1.54) is 98.5 Å². The Balaban J connectivity index is 1.22. The summed E-state index contributed by atoms with van der Waals surface area (Å²) >= 11 is 0. The first-order valence-electron chi connectivity index (χ1n) is 21.7. The maximum Gasteiger partial charge on any atom is 0.164 e. The summed E-state index contributed by atoms with van der Waals surface area (Å²) in [5.41, 5.74) is 27.0. The number of hydrogen-bond acceptors (Lipinski definition) is 4. The summed E-state index contributed by atoms with van der Waals surface area (Å²) < 4.78 is 9.25. The Bertz CT molecular complexity index is 3470. The van der Waals surface area contributed by atoms with Crippen LogP contribution in [0.5, 0.6) is 0 Å². The van der Waals surface area contributed by atoms with Crippen molar-refractivity contribution in [2.75, 3.05) is 0 Å². The minimum atomic E-state index is 0.601. The lowest BCUT2D eigenvalue weighted by molar-refractivity contribution is 0.669. The third-order valence-corrected chi connectivity index (χ3v) is 14.6. The molecule has 0 amide bonds. The topological polar surface area (TPSA) is 56.7 Å². The first kappa shape index (κ1) is 40.0. The molecule has 282 valence electrons. The number of fused-ring (bicyclic) bond motifs is 6. The molecule has 0 spiro atoms. The van der Waals surface area contributed by atoms with Crippen LogP contribution in [0.3, 0.4) is 0 Å². The molecule has 7 aromatic carbocycles. The fourth-order valence-electron chi connectivity index (χ4n) is 10.2. The van der Waals surface area contributed by atoms with Gasteiger partial charge in [-0.3, -0.25) is 0 Å². The van der Waals surface area contributed by atoms with Gasteiger partial charge in [0.2, 0.25) is 0 Å². The molecule has 10 rings (SSSR count). The predicted octanol–water partition coefficient (Wildman–Crippen LogP) is -9.36. The summed E-state index contributed by atoms with van der Waals surface area (Å²) in [7, 11) is 27.7. The van der Waals surface area contributed by atoms with Crippen LogP contribution in [0.15, 0.2) is 101 Å². The van der Waals surface area contributed by atoms with Gasteiger partial charge in [0.05, 0.1) is 0 Å². The van der Waals surface area contributed by atoms with E-state index in [1.807, 2.05) is 60.7 Å². The van der Waals surface area contributed by atoms with E-state index in [1.54, 1.807) is 0 Å². The van der Waals surface area contributed by atoms with E-state index in [4.69, 9.17) is 19.4 Å².